The van der Waals surface area contributed by atoms with Crippen LogP contribution in [0.15, 0.2) is 47.4 Å². The number of hydrogen-bond donors (Lipinski definition) is 2. The van der Waals surface area contributed by atoms with E-state index in [9.17, 15) is 31.7 Å². The minimum Gasteiger partial charge on any atom is -0.345 e. The largest absolute Gasteiger partial charge is 0.345 e. The molecule has 0 radical (unpaired) electrons. The van der Waals surface area contributed by atoms with Crippen molar-refractivity contribution in [1.29, 1.82) is 0 Å². The molecule has 10 nitrogen and oxygen atoms in total. The van der Waals surface area contributed by atoms with Gasteiger partial charge in [0.15, 0.2) is 9.84 Å². The second kappa shape index (κ2) is 8.17. The van der Waals surface area contributed by atoms with Gasteiger partial charge >= 0.3 is 0 Å². The SMILES string of the molecule is CC(NC(=O)c1cc([N+](=O)[O-])cc(S(C)(=O)=O)c1)c1ccccc1NS(C)(=O)=O. The summed E-state index contributed by atoms with van der Waals surface area (Å²) in [7, 11) is -7.34. The van der Waals surface area contributed by atoms with Gasteiger partial charge in [-0.2, -0.15) is 0 Å². The third-order valence-electron chi connectivity index (χ3n) is 3.86. The number of anilines is 1. The molecule has 2 aromatic carbocycles. The normalized spacial score (nSPS) is 12.8. The van der Waals surface area contributed by atoms with Gasteiger partial charge < -0.3 is 5.32 Å². The Labute approximate surface area is 168 Å². The fourth-order valence-electron chi connectivity index (χ4n) is 2.56. The number of hydrogen-bond acceptors (Lipinski definition) is 7. The van der Waals surface area contributed by atoms with Gasteiger partial charge in [-0.1, -0.05) is 18.2 Å². The maximum atomic E-state index is 12.6. The summed E-state index contributed by atoms with van der Waals surface area (Å²) in [6.07, 6.45) is 1.87. The van der Waals surface area contributed by atoms with Crippen LogP contribution in [0.2, 0.25) is 0 Å². The highest BCUT2D eigenvalue weighted by molar-refractivity contribution is 7.92. The van der Waals surface area contributed by atoms with Crippen LogP contribution in [0.25, 0.3) is 0 Å². The molecule has 1 unspecified atom stereocenters. The average molecular weight is 441 g/mol. The number of benzene rings is 2. The van der Waals surface area contributed by atoms with E-state index in [1.165, 1.54) is 6.07 Å². The number of nitrogens with one attached hydrogen (secondary N) is 2. The number of para-hydroxylation sites is 1. The predicted molar refractivity (Wildman–Crippen MR) is 107 cm³/mol. The van der Waals surface area contributed by atoms with Gasteiger partial charge in [0.2, 0.25) is 10.0 Å². The summed E-state index contributed by atoms with van der Waals surface area (Å²) in [5, 5.41) is 13.7. The molecule has 0 fully saturated rings. The maximum absolute atomic E-state index is 12.6. The molecule has 0 saturated heterocycles. The topological polar surface area (TPSA) is 153 Å². The fourth-order valence-corrected chi connectivity index (χ4v) is 3.82. The number of sulfonamides is 1. The Kier molecular flexibility index (Phi) is 6.28. The molecule has 1 amide bonds. The lowest BCUT2D eigenvalue weighted by Gasteiger charge is -2.18. The van der Waals surface area contributed by atoms with Crippen LogP contribution in [0.1, 0.15) is 28.9 Å². The summed E-state index contributed by atoms with van der Waals surface area (Å²) >= 11 is 0. The molecule has 0 aliphatic carbocycles. The number of carbonyl (C=O) groups is 1. The van der Waals surface area contributed by atoms with Crippen molar-refractivity contribution in [2.75, 3.05) is 17.2 Å². The van der Waals surface area contributed by atoms with Crippen molar-refractivity contribution in [2.24, 2.45) is 0 Å². The molecular formula is C17H19N3O7S2. The van der Waals surface area contributed by atoms with Gasteiger partial charge in [0.05, 0.1) is 27.8 Å². The molecule has 156 valence electrons. The molecule has 2 rings (SSSR count). The van der Waals surface area contributed by atoms with Gasteiger partial charge in [0, 0.05) is 24.0 Å². The van der Waals surface area contributed by atoms with E-state index in [2.05, 4.69) is 10.0 Å². The molecule has 2 N–H and O–H groups in total. The van der Waals surface area contributed by atoms with Gasteiger partial charge in [-0.25, -0.2) is 16.8 Å². The molecule has 0 aromatic heterocycles. The van der Waals surface area contributed by atoms with E-state index in [0.717, 1.165) is 30.7 Å². The lowest BCUT2D eigenvalue weighted by molar-refractivity contribution is -0.385. The van der Waals surface area contributed by atoms with Crippen LogP contribution in [0.5, 0.6) is 0 Å². The average Bonchev–Trinajstić information content (AvgIpc) is 2.59. The van der Waals surface area contributed by atoms with Crippen LogP contribution >= 0.6 is 0 Å². The minimum atomic E-state index is -3.78. The van der Waals surface area contributed by atoms with Gasteiger partial charge in [-0.05, 0) is 24.6 Å². The Morgan fingerprint density at radius 1 is 1.07 bits per heavy atom. The van der Waals surface area contributed by atoms with Gasteiger partial charge in [0.25, 0.3) is 11.6 Å². The standard InChI is InChI=1S/C17H19N3O7S2/c1-11(15-6-4-5-7-16(15)19-29(3,26)27)18-17(21)12-8-13(20(22)23)10-14(9-12)28(2,24)25/h4-11,19H,1-3H3,(H,18,21). The van der Waals surface area contributed by atoms with Crippen molar-refractivity contribution < 1.29 is 26.6 Å². The molecule has 0 heterocycles. The smallest absolute Gasteiger partial charge is 0.271 e. The van der Waals surface area contributed by atoms with E-state index in [4.69, 9.17) is 0 Å². The van der Waals surface area contributed by atoms with Crippen molar-refractivity contribution >= 4 is 37.1 Å². The van der Waals surface area contributed by atoms with Crippen LogP contribution in [0.4, 0.5) is 11.4 Å². The number of non-ortho nitro benzene ring substituents is 1. The van der Waals surface area contributed by atoms with Crippen LogP contribution < -0.4 is 10.0 Å². The number of carbonyl (C=O) groups excluding carboxylic acids is 1. The molecule has 1 atom stereocenters. The molecule has 0 aliphatic rings. The number of amides is 1. The second-order valence-electron chi connectivity index (χ2n) is 6.40. The quantitative estimate of drug-likeness (QED) is 0.491. The first-order valence-electron chi connectivity index (χ1n) is 8.15. The summed E-state index contributed by atoms with van der Waals surface area (Å²) in [6, 6.07) is 8.60. The van der Waals surface area contributed by atoms with Crippen LogP contribution in [-0.4, -0.2) is 40.2 Å². The zero-order chi connectivity index (χ0) is 22.0. The zero-order valence-electron chi connectivity index (χ0n) is 15.7. The van der Waals surface area contributed by atoms with Crippen molar-refractivity contribution in [2.45, 2.75) is 17.9 Å². The molecule has 0 saturated carbocycles. The van der Waals surface area contributed by atoms with Crippen molar-refractivity contribution in [1.82, 2.24) is 5.32 Å². The Balaban J connectivity index is 2.38. The van der Waals surface area contributed by atoms with E-state index in [1.807, 2.05) is 0 Å². The summed E-state index contributed by atoms with van der Waals surface area (Å²) in [6.45, 7) is 1.59. The molecule has 29 heavy (non-hydrogen) atoms. The van der Waals surface area contributed by atoms with E-state index >= 15 is 0 Å². The first-order chi connectivity index (χ1) is 13.3. The molecule has 0 bridgehead atoms. The highest BCUT2D eigenvalue weighted by atomic mass is 32.2. The Morgan fingerprint density at radius 2 is 1.69 bits per heavy atom. The minimum absolute atomic E-state index is 0.208. The van der Waals surface area contributed by atoms with Crippen molar-refractivity contribution in [3.8, 4) is 0 Å². The van der Waals surface area contributed by atoms with Crippen LogP contribution in [0.3, 0.4) is 0 Å². The van der Waals surface area contributed by atoms with Crippen molar-refractivity contribution in [3.63, 3.8) is 0 Å². The fraction of sp³-hybridized carbons (Fsp3) is 0.235. The number of nitro benzene ring substituents is 1. The Bertz CT molecular complexity index is 1180. The van der Waals surface area contributed by atoms with E-state index in [-0.39, 0.29) is 16.1 Å². The van der Waals surface area contributed by atoms with Gasteiger partial charge in [-0.3, -0.25) is 19.6 Å². The molecule has 2 aromatic rings. The molecule has 0 spiro atoms. The van der Waals surface area contributed by atoms with E-state index in [0.29, 0.717) is 5.56 Å². The Morgan fingerprint density at radius 3 is 2.24 bits per heavy atom. The summed E-state index contributed by atoms with van der Waals surface area (Å²) in [4.78, 5) is 22.6. The van der Waals surface area contributed by atoms with Gasteiger partial charge in [0.1, 0.15) is 0 Å². The van der Waals surface area contributed by atoms with E-state index in [1.54, 1.807) is 25.1 Å². The predicted octanol–water partition coefficient (Wildman–Crippen LogP) is 1.86. The zero-order valence-corrected chi connectivity index (χ0v) is 17.4. The van der Waals surface area contributed by atoms with Crippen molar-refractivity contribution in [3.05, 3.63) is 63.7 Å². The summed E-state index contributed by atoms with van der Waals surface area (Å²) in [5.41, 5.74) is -0.0244. The summed E-state index contributed by atoms with van der Waals surface area (Å²) < 4.78 is 49.0. The highest BCUT2D eigenvalue weighted by Crippen LogP contribution is 2.25. The Hall–Kier alpha value is -2.99. The highest BCUT2D eigenvalue weighted by Gasteiger charge is 2.21. The lowest BCUT2D eigenvalue weighted by atomic mass is 10.1. The molecule has 0 aliphatic heterocycles. The number of sulfone groups is 1. The number of rotatable bonds is 7. The lowest BCUT2D eigenvalue weighted by Crippen LogP contribution is -2.27. The van der Waals surface area contributed by atoms with Crippen LogP contribution in [-0.2, 0) is 19.9 Å². The maximum Gasteiger partial charge on any atom is 0.271 e. The third-order valence-corrected chi connectivity index (χ3v) is 5.55. The molecule has 12 heteroatoms. The van der Waals surface area contributed by atoms with E-state index < -0.39 is 42.4 Å². The molecular weight excluding hydrogens is 422 g/mol. The second-order valence-corrected chi connectivity index (χ2v) is 10.2. The first kappa shape index (κ1) is 22.3. The number of nitrogens with zero attached hydrogens (tertiary/aromatic N) is 1. The number of nitro groups is 1. The van der Waals surface area contributed by atoms with Crippen LogP contribution in [0, 0.1) is 10.1 Å². The monoisotopic (exact) mass is 441 g/mol. The first-order valence-corrected chi connectivity index (χ1v) is 11.9. The summed E-state index contributed by atoms with van der Waals surface area (Å²) in [5.74, 6) is -0.750. The van der Waals surface area contributed by atoms with Gasteiger partial charge in [-0.15, -0.1) is 0 Å². The third kappa shape index (κ3) is 5.99.